The van der Waals surface area contributed by atoms with Crippen LogP contribution in [0.15, 0.2) is 35.1 Å². The van der Waals surface area contributed by atoms with Gasteiger partial charge in [0.05, 0.1) is 28.0 Å². The average Bonchev–Trinajstić information content (AvgIpc) is 3.07. The Morgan fingerprint density at radius 3 is 2.86 bits per heavy atom. The maximum Gasteiger partial charge on any atom is 0.270 e. The van der Waals surface area contributed by atoms with E-state index in [0.29, 0.717) is 29.9 Å². The largest absolute Gasteiger partial charge is 0.503 e. The normalized spacial score (nSPS) is 14.4. The molecule has 1 aliphatic heterocycles. The fourth-order valence-corrected chi connectivity index (χ4v) is 3.51. The second kappa shape index (κ2) is 6.65. The standard InChI is InChI=1S/C19H14ClN3O5/c1-28-16-8-10(7-14(20)17(16)24)6-11-4-5-22-18(11)21-15-3-2-12(23(26)27)9-13(15)19(22)25/h2-3,6-9,24H,4-5H2,1H3/b11-6+. The summed E-state index contributed by atoms with van der Waals surface area (Å²) >= 11 is 6.04. The van der Waals surface area contributed by atoms with E-state index in [1.54, 1.807) is 12.1 Å². The Balaban J connectivity index is 1.86. The molecule has 0 atom stereocenters. The van der Waals surface area contributed by atoms with Crippen molar-refractivity contribution in [1.29, 1.82) is 0 Å². The molecule has 3 aromatic rings. The van der Waals surface area contributed by atoms with Crippen molar-refractivity contribution in [2.75, 3.05) is 7.11 Å². The lowest BCUT2D eigenvalue weighted by Crippen LogP contribution is -2.20. The number of nitro groups is 1. The molecule has 1 N–H and O–H groups in total. The number of aromatic hydroxyl groups is 1. The number of phenolic OH excluding ortho intramolecular Hbond substituents is 1. The minimum atomic E-state index is -0.538. The molecule has 0 spiro atoms. The molecule has 0 amide bonds. The van der Waals surface area contributed by atoms with Crippen LogP contribution in [-0.2, 0) is 6.54 Å². The first-order valence-electron chi connectivity index (χ1n) is 8.35. The number of rotatable bonds is 3. The Morgan fingerprint density at radius 1 is 1.36 bits per heavy atom. The number of halogens is 1. The number of nitrogens with zero attached hydrogens (tertiary/aromatic N) is 3. The van der Waals surface area contributed by atoms with Gasteiger partial charge < -0.3 is 9.84 Å². The van der Waals surface area contributed by atoms with Gasteiger partial charge in [0.1, 0.15) is 5.82 Å². The lowest BCUT2D eigenvalue weighted by molar-refractivity contribution is -0.384. The highest BCUT2D eigenvalue weighted by Gasteiger charge is 2.22. The summed E-state index contributed by atoms with van der Waals surface area (Å²) in [7, 11) is 1.43. The summed E-state index contributed by atoms with van der Waals surface area (Å²) in [6.07, 6.45) is 2.40. The Hall–Kier alpha value is -3.39. The van der Waals surface area contributed by atoms with Crippen LogP contribution < -0.4 is 10.3 Å². The summed E-state index contributed by atoms with van der Waals surface area (Å²) in [6.45, 7) is 0.425. The number of aromatic nitrogens is 2. The predicted octanol–water partition coefficient (Wildman–Crippen LogP) is 3.62. The molecule has 2 heterocycles. The van der Waals surface area contributed by atoms with Crippen molar-refractivity contribution in [2.24, 2.45) is 0 Å². The lowest BCUT2D eigenvalue weighted by atomic mass is 10.1. The van der Waals surface area contributed by atoms with Crippen LogP contribution in [0.5, 0.6) is 11.5 Å². The number of benzene rings is 2. The second-order valence-electron chi connectivity index (χ2n) is 6.32. The molecule has 0 radical (unpaired) electrons. The van der Waals surface area contributed by atoms with Crippen LogP contribution in [0.25, 0.3) is 22.6 Å². The zero-order chi connectivity index (χ0) is 20.0. The molecule has 2 aromatic carbocycles. The lowest BCUT2D eigenvalue weighted by Gasteiger charge is -2.08. The van der Waals surface area contributed by atoms with E-state index in [9.17, 15) is 20.0 Å². The van der Waals surface area contributed by atoms with Crippen LogP contribution in [-0.4, -0.2) is 26.7 Å². The van der Waals surface area contributed by atoms with Crippen molar-refractivity contribution in [3.63, 3.8) is 0 Å². The van der Waals surface area contributed by atoms with Crippen LogP contribution in [0.3, 0.4) is 0 Å². The fraction of sp³-hybridized carbons (Fsp3) is 0.158. The van der Waals surface area contributed by atoms with E-state index in [2.05, 4.69) is 4.98 Å². The number of non-ortho nitro benzene ring substituents is 1. The molecule has 28 heavy (non-hydrogen) atoms. The molecule has 0 saturated carbocycles. The second-order valence-corrected chi connectivity index (χ2v) is 6.73. The summed E-state index contributed by atoms with van der Waals surface area (Å²) in [6, 6.07) is 7.29. The molecule has 9 heteroatoms. The minimum Gasteiger partial charge on any atom is -0.503 e. The summed E-state index contributed by atoms with van der Waals surface area (Å²) in [5.74, 6) is 0.614. The molecule has 0 unspecified atom stereocenters. The molecule has 0 saturated heterocycles. The maximum atomic E-state index is 12.8. The Morgan fingerprint density at radius 2 is 2.14 bits per heavy atom. The SMILES string of the molecule is COc1cc(/C=C2\CCn3c2nc2ccc([N+](=O)[O-])cc2c3=O)cc(Cl)c1O. The first-order chi connectivity index (χ1) is 13.4. The molecule has 1 aromatic heterocycles. The highest BCUT2D eigenvalue weighted by molar-refractivity contribution is 6.32. The number of nitro benzene ring substituents is 1. The van der Waals surface area contributed by atoms with Crippen LogP contribution >= 0.6 is 11.6 Å². The molecular formula is C19H14ClN3O5. The highest BCUT2D eigenvalue weighted by Crippen LogP contribution is 2.37. The third-order valence-electron chi connectivity index (χ3n) is 4.65. The van der Waals surface area contributed by atoms with Crippen LogP contribution in [0.4, 0.5) is 5.69 Å². The van der Waals surface area contributed by atoms with Crippen LogP contribution in [0, 0.1) is 10.1 Å². The van der Waals surface area contributed by atoms with Gasteiger partial charge in [-0.2, -0.15) is 0 Å². The maximum absolute atomic E-state index is 12.8. The number of fused-ring (bicyclic) bond motifs is 2. The van der Waals surface area contributed by atoms with Gasteiger partial charge in [-0.05, 0) is 41.8 Å². The molecule has 4 rings (SSSR count). The van der Waals surface area contributed by atoms with E-state index in [0.717, 1.165) is 5.57 Å². The molecule has 1 aliphatic rings. The van der Waals surface area contributed by atoms with E-state index in [1.807, 2.05) is 6.08 Å². The average molecular weight is 400 g/mol. The van der Waals surface area contributed by atoms with Crippen LogP contribution in [0.2, 0.25) is 5.02 Å². The van der Waals surface area contributed by atoms with Gasteiger partial charge in [-0.15, -0.1) is 0 Å². The van der Waals surface area contributed by atoms with Gasteiger partial charge in [0, 0.05) is 18.7 Å². The van der Waals surface area contributed by atoms with Gasteiger partial charge in [-0.3, -0.25) is 19.5 Å². The molecular weight excluding hydrogens is 386 g/mol. The van der Waals surface area contributed by atoms with Gasteiger partial charge in [-0.1, -0.05) is 11.6 Å². The zero-order valence-electron chi connectivity index (χ0n) is 14.7. The van der Waals surface area contributed by atoms with Gasteiger partial charge in [-0.25, -0.2) is 4.98 Å². The highest BCUT2D eigenvalue weighted by atomic mass is 35.5. The Labute approximate surface area is 163 Å². The summed E-state index contributed by atoms with van der Waals surface area (Å²) in [5, 5.41) is 21.2. The first kappa shape index (κ1) is 18.0. The summed E-state index contributed by atoms with van der Waals surface area (Å²) in [4.78, 5) is 27.8. The predicted molar refractivity (Wildman–Crippen MR) is 105 cm³/mol. The topological polar surface area (TPSA) is 107 Å². The third kappa shape index (κ3) is 2.87. The molecule has 0 aliphatic carbocycles. The molecule has 0 fully saturated rings. The van der Waals surface area contributed by atoms with Crippen molar-refractivity contribution in [3.05, 3.63) is 67.2 Å². The third-order valence-corrected chi connectivity index (χ3v) is 4.94. The number of methoxy groups -OCH3 is 1. The van der Waals surface area contributed by atoms with Gasteiger partial charge in [0.25, 0.3) is 11.2 Å². The monoisotopic (exact) mass is 399 g/mol. The van der Waals surface area contributed by atoms with Crippen molar-refractivity contribution in [2.45, 2.75) is 13.0 Å². The summed E-state index contributed by atoms with van der Waals surface area (Å²) in [5.41, 5.74) is 1.46. The number of ether oxygens (including phenoxy) is 1. The van der Waals surface area contributed by atoms with Gasteiger partial charge >= 0.3 is 0 Å². The van der Waals surface area contributed by atoms with Crippen molar-refractivity contribution in [1.82, 2.24) is 9.55 Å². The van der Waals surface area contributed by atoms with Crippen molar-refractivity contribution < 1.29 is 14.8 Å². The zero-order valence-corrected chi connectivity index (χ0v) is 15.4. The van der Waals surface area contributed by atoms with Gasteiger partial charge in [0.2, 0.25) is 0 Å². The van der Waals surface area contributed by atoms with E-state index in [-0.39, 0.29) is 33.2 Å². The van der Waals surface area contributed by atoms with Gasteiger partial charge in [0.15, 0.2) is 11.5 Å². The number of phenols is 1. The molecule has 142 valence electrons. The number of hydrogen-bond donors (Lipinski definition) is 1. The summed E-state index contributed by atoms with van der Waals surface area (Å²) < 4.78 is 6.63. The first-order valence-corrected chi connectivity index (χ1v) is 8.73. The van der Waals surface area contributed by atoms with Crippen molar-refractivity contribution >= 4 is 39.8 Å². The Kier molecular flexibility index (Phi) is 4.27. The molecule has 8 nitrogen and oxygen atoms in total. The number of hydrogen-bond acceptors (Lipinski definition) is 6. The Bertz CT molecular complexity index is 1230. The fourth-order valence-electron chi connectivity index (χ4n) is 3.29. The molecule has 0 bridgehead atoms. The van der Waals surface area contributed by atoms with E-state index in [4.69, 9.17) is 16.3 Å². The van der Waals surface area contributed by atoms with E-state index < -0.39 is 4.92 Å². The quantitative estimate of drug-likeness (QED) is 0.532. The van der Waals surface area contributed by atoms with Crippen molar-refractivity contribution in [3.8, 4) is 11.5 Å². The van der Waals surface area contributed by atoms with E-state index >= 15 is 0 Å². The number of allylic oxidation sites excluding steroid dienone is 1. The van der Waals surface area contributed by atoms with Crippen LogP contribution in [0.1, 0.15) is 17.8 Å². The minimum absolute atomic E-state index is 0.139. The smallest absolute Gasteiger partial charge is 0.270 e. The van der Waals surface area contributed by atoms with E-state index in [1.165, 1.54) is 29.9 Å².